The van der Waals surface area contributed by atoms with Crippen molar-refractivity contribution < 1.29 is 29.0 Å². The van der Waals surface area contributed by atoms with Gasteiger partial charge in [-0.3, -0.25) is 9.59 Å². The molecule has 1 N–H and O–H groups in total. The molecule has 2 amide bonds. The average Bonchev–Trinajstić information content (AvgIpc) is 3.61. The Morgan fingerprint density at radius 1 is 1.14 bits per heavy atom. The van der Waals surface area contributed by atoms with Gasteiger partial charge in [-0.05, 0) is 95.6 Å². The smallest absolute Gasteiger partial charge is 0.410 e. The Morgan fingerprint density at radius 2 is 1.91 bits per heavy atom. The van der Waals surface area contributed by atoms with Gasteiger partial charge in [-0.25, -0.2) is 9.48 Å². The first-order valence-electron chi connectivity index (χ1n) is 15.8. The zero-order chi connectivity index (χ0) is 31.3. The Kier molecular flexibility index (Phi) is 10.7. The fourth-order valence-corrected chi connectivity index (χ4v) is 6.44. The van der Waals surface area contributed by atoms with Crippen LogP contribution >= 0.6 is 0 Å². The molecule has 0 bridgehead atoms. The van der Waals surface area contributed by atoms with Crippen LogP contribution in [0, 0.1) is 11.8 Å². The molecule has 43 heavy (non-hydrogen) atoms. The number of carbonyl (C=O) groups excluding carboxylic acids is 3. The zero-order valence-electron chi connectivity index (χ0n) is 26.7. The second-order valence-corrected chi connectivity index (χ2v) is 13.4. The van der Waals surface area contributed by atoms with Crippen LogP contribution in [0.4, 0.5) is 4.79 Å². The summed E-state index contributed by atoms with van der Waals surface area (Å²) in [5.74, 6) is -1.15. The van der Waals surface area contributed by atoms with Crippen LogP contribution in [0.25, 0.3) is 5.70 Å². The van der Waals surface area contributed by atoms with Gasteiger partial charge in [-0.15, -0.1) is 5.10 Å². The number of amides is 2. The second-order valence-electron chi connectivity index (χ2n) is 13.4. The monoisotopic (exact) mass is 599 g/mol. The number of methoxy groups -OCH3 is 1. The molecule has 1 saturated heterocycles. The Bertz CT molecular complexity index is 1240. The average molecular weight is 600 g/mol. The molecular formula is C32H49N5O6. The van der Waals surface area contributed by atoms with E-state index in [9.17, 15) is 19.5 Å². The van der Waals surface area contributed by atoms with E-state index in [0.717, 1.165) is 43.5 Å². The molecule has 0 spiro atoms. The predicted molar refractivity (Wildman–Crippen MR) is 162 cm³/mol. The van der Waals surface area contributed by atoms with Crippen LogP contribution in [0.15, 0.2) is 17.2 Å². The van der Waals surface area contributed by atoms with Gasteiger partial charge in [0, 0.05) is 31.9 Å². The van der Waals surface area contributed by atoms with Gasteiger partial charge < -0.3 is 24.4 Å². The number of aliphatic hydroxyl groups is 1. The SMILES string of the molecule is COC(=O)[C@@H]1C[C@H](N(CC(C)C)C(=O)c2nnn(C3=C4CCCC4=CCC3)c2CCCCO)CN(C(=O)OC(C)(C)C)C1. The van der Waals surface area contributed by atoms with Gasteiger partial charge >= 0.3 is 12.1 Å². The van der Waals surface area contributed by atoms with Crippen molar-refractivity contribution in [3.8, 4) is 0 Å². The topological polar surface area (TPSA) is 127 Å². The first kappa shape index (κ1) is 32.7. The molecule has 2 aliphatic carbocycles. The molecule has 2 heterocycles. The predicted octanol–water partition coefficient (Wildman–Crippen LogP) is 4.61. The summed E-state index contributed by atoms with van der Waals surface area (Å²) < 4.78 is 12.6. The molecule has 1 aromatic rings. The van der Waals surface area contributed by atoms with Crippen molar-refractivity contribution >= 4 is 23.7 Å². The molecule has 1 saturated carbocycles. The van der Waals surface area contributed by atoms with Crippen LogP contribution in [0.2, 0.25) is 0 Å². The number of ether oxygens (including phenoxy) is 2. The van der Waals surface area contributed by atoms with Crippen molar-refractivity contribution in [2.45, 2.75) is 104 Å². The highest BCUT2D eigenvalue weighted by atomic mass is 16.6. The van der Waals surface area contributed by atoms with Gasteiger partial charge in [0.05, 0.1) is 24.8 Å². The fraction of sp³-hybridized carbons (Fsp3) is 0.719. The summed E-state index contributed by atoms with van der Waals surface area (Å²) in [6.45, 7) is 10.4. The summed E-state index contributed by atoms with van der Waals surface area (Å²) in [5.41, 5.74) is 4.17. The molecule has 0 aromatic carbocycles. The number of piperidine rings is 1. The molecule has 1 aliphatic heterocycles. The van der Waals surface area contributed by atoms with Crippen LogP contribution in [0.3, 0.4) is 0 Å². The van der Waals surface area contributed by atoms with Gasteiger partial charge in [0.2, 0.25) is 0 Å². The second kappa shape index (κ2) is 14.1. The third-order valence-corrected chi connectivity index (χ3v) is 8.30. The van der Waals surface area contributed by atoms with Crippen molar-refractivity contribution in [1.82, 2.24) is 24.8 Å². The lowest BCUT2D eigenvalue weighted by Gasteiger charge is -2.42. The number of likely N-dealkylation sites (tertiary alicyclic amines) is 1. The summed E-state index contributed by atoms with van der Waals surface area (Å²) in [7, 11) is 1.34. The van der Waals surface area contributed by atoms with Crippen molar-refractivity contribution in [2.75, 3.05) is 33.4 Å². The van der Waals surface area contributed by atoms with E-state index in [4.69, 9.17) is 9.47 Å². The van der Waals surface area contributed by atoms with Gasteiger partial charge in [-0.2, -0.15) is 0 Å². The van der Waals surface area contributed by atoms with Crippen LogP contribution < -0.4 is 0 Å². The number of fused-ring (bicyclic) bond motifs is 1. The Balaban J connectivity index is 1.71. The molecule has 4 rings (SSSR count). The quantitative estimate of drug-likeness (QED) is 0.305. The highest BCUT2D eigenvalue weighted by Gasteiger charge is 2.41. The van der Waals surface area contributed by atoms with E-state index in [0.29, 0.717) is 37.9 Å². The maximum atomic E-state index is 14.5. The van der Waals surface area contributed by atoms with Crippen molar-refractivity contribution in [2.24, 2.45) is 11.8 Å². The molecule has 0 unspecified atom stereocenters. The van der Waals surface area contributed by atoms with Crippen molar-refractivity contribution in [1.29, 1.82) is 0 Å². The van der Waals surface area contributed by atoms with Crippen LogP contribution in [-0.2, 0) is 20.7 Å². The maximum Gasteiger partial charge on any atom is 0.410 e. The highest BCUT2D eigenvalue weighted by Crippen LogP contribution is 2.40. The van der Waals surface area contributed by atoms with Gasteiger partial charge in [-0.1, -0.05) is 25.1 Å². The number of unbranched alkanes of at least 4 members (excludes halogenated alkanes) is 1. The number of rotatable bonds is 10. The minimum Gasteiger partial charge on any atom is -0.469 e. The molecule has 11 nitrogen and oxygen atoms in total. The van der Waals surface area contributed by atoms with Crippen LogP contribution in [0.1, 0.15) is 102 Å². The molecule has 3 aliphatic rings. The van der Waals surface area contributed by atoms with Crippen LogP contribution in [-0.4, -0.2) is 92.9 Å². The lowest BCUT2D eigenvalue weighted by molar-refractivity contribution is -0.148. The van der Waals surface area contributed by atoms with Crippen molar-refractivity contribution in [3.05, 3.63) is 28.6 Å². The number of carbonyl (C=O) groups is 3. The fourth-order valence-electron chi connectivity index (χ4n) is 6.44. The van der Waals surface area contributed by atoms with E-state index in [1.165, 1.54) is 23.2 Å². The van der Waals surface area contributed by atoms with E-state index in [1.54, 1.807) is 25.7 Å². The molecule has 11 heteroatoms. The Hall–Kier alpha value is -3.21. The molecule has 0 radical (unpaired) electrons. The summed E-state index contributed by atoms with van der Waals surface area (Å²) in [4.78, 5) is 43.7. The van der Waals surface area contributed by atoms with E-state index in [1.807, 2.05) is 18.5 Å². The van der Waals surface area contributed by atoms with Gasteiger partial charge in [0.1, 0.15) is 5.60 Å². The lowest BCUT2D eigenvalue weighted by Crippen LogP contribution is -2.57. The number of esters is 1. The number of aromatic nitrogens is 3. The third-order valence-electron chi connectivity index (χ3n) is 8.30. The van der Waals surface area contributed by atoms with E-state index < -0.39 is 29.6 Å². The summed E-state index contributed by atoms with van der Waals surface area (Å²) >= 11 is 0. The highest BCUT2D eigenvalue weighted by molar-refractivity contribution is 5.94. The number of hydrogen-bond acceptors (Lipinski definition) is 8. The first-order chi connectivity index (χ1) is 20.4. The van der Waals surface area contributed by atoms with Gasteiger partial charge in [0.15, 0.2) is 5.69 Å². The minimum atomic E-state index is -0.705. The normalized spacial score (nSPS) is 20.7. The largest absolute Gasteiger partial charge is 0.469 e. The molecule has 2 atom stereocenters. The molecule has 1 aromatic heterocycles. The lowest BCUT2D eigenvalue weighted by atomic mass is 9.92. The molecule has 2 fully saturated rings. The first-order valence-corrected chi connectivity index (χ1v) is 15.8. The summed E-state index contributed by atoms with van der Waals surface area (Å²) in [5, 5.41) is 18.5. The van der Waals surface area contributed by atoms with E-state index in [-0.39, 0.29) is 31.5 Å². The number of hydrogen-bond donors (Lipinski definition) is 1. The standard InChI is InChI=1S/C32H49N5O6/c1-21(2)18-36(24-17-23(30(40)42-6)19-35(20-24)31(41)43-32(3,4)5)29(39)28-27(14-7-8-16-38)37(34-33-28)26-15-10-12-22-11-9-13-25(22)26/h12,21,23-24,38H,7-11,13-20H2,1-6H3/t23-,24+/m1/s1. The Labute approximate surface area is 255 Å². The van der Waals surface area contributed by atoms with Gasteiger partial charge in [0.25, 0.3) is 5.91 Å². The minimum absolute atomic E-state index is 0.0721. The molecule has 238 valence electrons. The zero-order valence-corrected chi connectivity index (χ0v) is 26.7. The van der Waals surface area contributed by atoms with E-state index >= 15 is 0 Å². The van der Waals surface area contributed by atoms with E-state index in [2.05, 4.69) is 16.4 Å². The maximum absolute atomic E-state index is 14.5. The summed E-state index contributed by atoms with van der Waals surface area (Å²) in [6.07, 6.45) is 8.98. The summed E-state index contributed by atoms with van der Waals surface area (Å²) in [6, 6.07) is -0.447. The Morgan fingerprint density at radius 3 is 2.58 bits per heavy atom. The van der Waals surface area contributed by atoms with Crippen LogP contribution in [0.5, 0.6) is 0 Å². The number of allylic oxidation sites excluding steroid dienone is 4. The number of aliphatic hydroxyl groups excluding tert-OH is 1. The third kappa shape index (κ3) is 7.85. The number of nitrogens with zero attached hydrogens (tertiary/aromatic N) is 5. The van der Waals surface area contributed by atoms with Crippen molar-refractivity contribution in [3.63, 3.8) is 0 Å². The molecular weight excluding hydrogens is 550 g/mol.